The van der Waals surface area contributed by atoms with E-state index in [-0.39, 0.29) is 6.10 Å². The normalized spacial score (nSPS) is 18.9. The van der Waals surface area contributed by atoms with Crippen molar-refractivity contribution in [1.29, 1.82) is 0 Å². The van der Waals surface area contributed by atoms with Crippen LogP contribution in [-0.2, 0) is 11.2 Å². The summed E-state index contributed by atoms with van der Waals surface area (Å²) in [4.78, 5) is 0. The second kappa shape index (κ2) is 5.85. The van der Waals surface area contributed by atoms with Crippen LogP contribution in [0.3, 0.4) is 0 Å². The van der Waals surface area contributed by atoms with Gasteiger partial charge < -0.3 is 9.84 Å². The Labute approximate surface area is 110 Å². The van der Waals surface area contributed by atoms with Crippen LogP contribution in [0.5, 0.6) is 0 Å². The average Bonchev–Trinajstić information content (AvgIpc) is 2.34. The average molecular weight is 248 g/mol. The molecule has 1 aromatic carbocycles. The summed E-state index contributed by atoms with van der Waals surface area (Å²) in [6.45, 7) is 8.01. The van der Waals surface area contributed by atoms with Crippen molar-refractivity contribution >= 4 is 0 Å². The van der Waals surface area contributed by atoms with Gasteiger partial charge in [-0.25, -0.2) is 0 Å². The highest BCUT2D eigenvalue weighted by atomic mass is 16.5. The van der Waals surface area contributed by atoms with E-state index in [9.17, 15) is 5.11 Å². The minimum absolute atomic E-state index is 0.228. The molecule has 100 valence electrons. The second-order valence-electron chi connectivity index (χ2n) is 5.60. The first-order valence-corrected chi connectivity index (χ1v) is 6.90. The predicted molar refractivity (Wildman–Crippen MR) is 73.9 cm³/mol. The summed E-state index contributed by atoms with van der Waals surface area (Å²) in [5, 5.41) is 10.4. The van der Waals surface area contributed by atoms with Crippen molar-refractivity contribution < 1.29 is 9.84 Å². The highest BCUT2D eigenvalue weighted by molar-refractivity contribution is 5.37. The number of aliphatic hydroxyl groups excluding tert-OH is 1. The predicted octanol–water partition coefficient (Wildman–Crippen LogP) is 2.94. The van der Waals surface area contributed by atoms with Crippen molar-refractivity contribution in [1.82, 2.24) is 0 Å². The minimum atomic E-state index is -0.228. The molecule has 0 saturated carbocycles. The molecular formula is C16H24O2. The molecule has 0 bridgehead atoms. The Hall–Kier alpha value is -0.860. The van der Waals surface area contributed by atoms with Gasteiger partial charge >= 0.3 is 0 Å². The van der Waals surface area contributed by atoms with Crippen molar-refractivity contribution in [2.45, 2.75) is 46.1 Å². The van der Waals surface area contributed by atoms with E-state index in [0.717, 1.165) is 32.5 Å². The lowest BCUT2D eigenvalue weighted by Crippen LogP contribution is -2.29. The fourth-order valence-electron chi connectivity index (χ4n) is 3.01. The van der Waals surface area contributed by atoms with Gasteiger partial charge in [-0.05, 0) is 62.6 Å². The molecule has 0 aliphatic carbocycles. The van der Waals surface area contributed by atoms with Gasteiger partial charge in [0.05, 0.1) is 6.10 Å². The van der Waals surface area contributed by atoms with Gasteiger partial charge in [0.1, 0.15) is 0 Å². The number of aryl methyl sites for hydroxylation is 3. The molecule has 1 unspecified atom stereocenters. The molecule has 1 aliphatic rings. The maximum absolute atomic E-state index is 10.4. The first-order valence-electron chi connectivity index (χ1n) is 6.90. The zero-order chi connectivity index (χ0) is 13.1. The topological polar surface area (TPSA) is 29.5 Å². The van der Waals surface area contributed by atoms with Gasteiger partial charge in [-0.3, -0.25) is 0 Å². The molecule has 18 heavy (non-hydrogen) atoms. The maximum atomic E-state index is 10.4. The van der Waals surface area contributed by atoms with E-state index in [1.807, 2.05) is 0 Å². The summed E-state index contributed by atoms with van der Waals surface area (Å²) in [6, 6.07) is 4.41. The fourth-order valence-corrected chi connectivity index (χ4v) is 3.01. The van der Waals surface area contributed by atoms with Gasteiger partial charge in [0, 0.05) is 13.2 Å². The molecule has 0 spiro atoms. The molecule has 0 radical (unpaired) electrons. The first kappa shape index (κ1) is 13.6. The molecule has 0 aromatic heterocycles. The van der Waals surface area contributed by atoms with Crippen molar-refractivity contribution in [2.75, 3.05) is 13.2 Å². The van der Waals surface area contributed by atoms with Crippen molar-refractivity contribution in [2.24, 2.45) is 5.92 Å². The van der Waals surface area contributed by atoms with E-state index in [1.54, 1.807) is 0 Å². The van der Waals surface area contributed by atoms with Crippen LogP contribution >= 0.6 is 0 Å². The zero-order valence-electron chi connectivity index (χ0n) is 11.7. The molecule has 1 N–H and O–H groups in total. The lowest BCUT2D eigenvalue weighted by Gasteiger charge is -2.27. The number of ether oxygens (including phenoxy) is 1. The Balaban J connectivity index is 2.08. The van der Waals surface area contributed by atoms with Gasteiger partial charge in [0.25, 0.3) is 0 Å². The number of rotatable bonds is 3. The maximum Gasteiger partial charge on any atom is 0.0610 e. The summed E-state index contributed by atoms with van der Waals surface area (Å²) in [5.74, 6) is 0.402. The zero-order valence-corrected chi connectivity index (χ0v) is 11.7. The van der Waals surface area contributed by atoms with E-state index in [0.29, 0.717) is 5.92 Å². The summed E-state index contributed by atoms with van der Waals surface area (Å²) in [5.41, 5.74) is 5.23. The molecule has 2 nitrogen and oxygen atoms in total. The minimum Gasteiger partial charge on any atom is -0.392 e. The Morgan fingerprint density at radius 1 is 1.17 bits per heavy atom. The summed E-state index contributed by atoms with van der Waals surface area (Å²) < 4.78 is 5.35. The van der Waals surface area contributed by atoms with Crippen molar-refractivity contribution in [3.8, 4) is 0 Å². The second-order valence-corrected chi connectivity index (χ2v) is 5.60. The van der Waals surface area contributed by atoms with Gasteiger partial charge in [-0.1, -0.05) is 17.7 Å². The van der Waals surface area contributed by atoms with Crippen LogP contribution in [0, 0.1) is 26.7 Å². The van der Waals surface area contributed by atoms with Gasteiger partial charge in [0.15, 0.2) is 0 Å². The molecular weight excluding hydrogens is 224 g/mol. The fraction of sp³-hybridized carbons (Fsp3) is 0.625. The summed E-state index contributed by atoms with van der Waals surface area (Å²) in [6.07, 6.45) is 2.53. The van der Waals surface area contributed by atoms with E-state index < -0.39 is 0 Å². The lowest BCUT2D eigenvalue weighted by atomic mass is 9.87. The third-order valence-electron chi connectivity index (χ3n) is 4.06. The molecule has 2 heteroatoms. The third-order valence-corrected chi connectivity index (χ3v) is 4.06. The van der Waals surface area contributed by atoms with Crippen LogP contribution in [0.2, 0.25) is 0 Å². The van der Waals surface area contributed by atoms with Gasteiger partial charge in [-0.2, -0.15) is 0 Å². The van der Waals surface area contributed by atoms with Crippen molar-refractivity contribution in [3.63, 3.8) is 0 Å². The third kappa shape index (κ3) is 3.12. The lowest BCUT2D eigenvalue weighted by molar-refractivity contribution is 0.00830. The number of hydrogen-bond acceptors (Lipinski definition) is 2. The molecule has 1 aliphatic heterocycles. The van der Waals surface area contributed by atoms with E-state index in [4.69, 9.17) is 4.74 Å². The summed E-state index contributed by atoms with van der Waals surface area (Å²) >= 11 is 0. The Morgan fingerprint density at radius 3 is 2.28 bits per heavy atom. The molecule has 1 aromatic rings. The number of benzene rings is 1. The standard InChI is InChI=1S/C16H24O2/c1-11-8-12(2)15(13(3)9-11)10-16(17)14-4-6-18-7-5-14/h8-9,14,16-17H,4-7,10H2,1-3H3. The quantitative estimate of drug-likeness (QED) is 0.891. The monoisotopic (exact) mass is 248 g/mol. The van der Waals surface area contributed by atoms with E-state index >= 15 is 0 Å². The van der Waals surface area contributed by atoms with Crippen molar-refractivity contribution in [3.05, 3.63) is 34.4 Å². The van der Waals surface area contributed by atoms with Crippen LogP contribution in [0.1, 0.15) is 35.1 Å². The number of hydrogen-bond donors (Lipinski definition) is 1. The number of aliphatic hydroxyl groups is 1. The molecule has 1 saturated heterocycles. The smallest absolute Gasteiger partial charge is 0.0610 e. The summed E-state index contributed by atoms with van der Waals surface area (Å²) in [7, 11) is 0. The van der Waals surface area contributed by atoms with Crippen LogP contribution in [0.15, 0.2) is 12.1 Å². The first-order chi connectivity index (χ1) is 8.58. The molecule has 1 atom stereocenters. The van der Waals surface area contributed by atoms with Gasteiger partial charge in [-0.15, -0.1) is 0 Å². The largest absolute Gasteiger partial charge is 0.392 e. The van der Waals surface area contributed by atoms with Crippen LogP contribution in [0.4, 0.5) is 0 Å². The Morgan fingerprint density at radius 2 is 1.72 bits per heavy atom. The molecule has 0 amide bonds. The SMILES string of the molecule is Cc1cc(C)c(CC(O)C2CCOCC2)c(C)c1. The highest BCUT2D eigenvalue weighted by Gasteiger charge is 2.23. The Bertz CT molecular complexity index is 383. The van der Waals surface area contributed by atoms with Crippen LogP contribution in [0.25, 0.3) is 0 Å². The van der Waals surface area contributed by atoms with E-state index in [2.05, 4.69) is 32.9 Å². The molecule has 2 rings (SSSR count). The highest BCUT2D eigenvalue weighted by Crippen LogP contribution is 2.24. The van der Waals surface area contributed by atoms with Crippen LogP contribution < -0.4 is 0 Å². The molecule has 1 heterocycles. The molecule has 1 fully saturated rings. The Kier molecular flexibility index (Phi) is 4.41. The van der Waals surface area contributed by atoms with Crippen LogP contribution in [-0.4, -0.2) is 24.4 Å². The van der Waals surface area contributed by atoms with E-state index in [1.165, 1.54) is 22.3 Å². The van der Waals surface area contributed by atoms with Gasteiger partial charge in [0.2, 0.25) is 0 Å².